The molecule has 0 aliphatic carbocycles. The molecule has 0 aromatic heterocycles. The number of hydrogen-bond acceptors (Lipinski definition) is 3. The van der Waals surface area contributed by atoms with Crippen molar-refractivity contribution < 1.29 is 9.59 Å². The van der Waals surface area contributed by atoms with Crippen molar-refractivity contribution in [3.63, 3.8) is 0 Å². The van der Waals surface area contributed by atoms with Crippen LogP contribution in [0.4, 0.5) is 10.5 Å². The van der Waals surface area contributed by atoms with Crippen LogP contribution >= 0.6 is 0 Å². The summed E-state index contributed by atoms with van der Waals surface area (Å²) in [5.41, 5.74) is 11.7. The molecule has 0 radical (unpaired) electrons. The molecule has 0 aliphatic heterocycles. The average Bonchev–Trinajstić information content (AvgIpc) is 2.16. The predicted octanol–water partition coefficient (Wildman–Crippen LogP) is 0.477. The number of benzene rings is 1. The van der Waals surface area contributed by atoms with E-state index in [4.69, 9.17) is 11.5 Å². The molecular formula is C10H11N3O2. The number of anilines is 1. The Bertz CT molecular complexity index is 396. The van der Waals surface area contributed by atoms with Gasteiger partial charge in [-0.15, -0.1) is 0 Å². The van der Waals surface area contributed by atoms with Crippen LogP contribution in [0.5, 0.6) is 0 Å². The van der Waals surface area contributed by atoms with Gasteiger partial charge in [-0.3, -0.25) is 10.1 Å². The maximum absolute atomic E-state index is 11.0. The average molecular weight is 205 g/mol. The fourth-order valence-electron chi connectivity index (χ4n) is 0.942. The second-order valence-corrected chi connectivity index (χ2v) is 2.85. The van der Waals surface area contributed by atoms with Crippen LogP contribution in [-0.2, 0) is 4.79 Å². The molecule has 3 amide bonds. The van der Waals surface area contributed by atoms with Gasteiger partial charge in [-0.2, -0.15) is 0 Å². The van der Waals surface area contributed by atoms with Gasteiger partial charge >= 0.3 is 6.03 Å². The van der Waals surface area contributed by atoms with E-state index in [9.17, 15) is 9.59 Å². The van der Waals surface area contributed by atoms with Gasteiger partial charge in [0.25, 0.3) is 5.91 Å². The number of rotatable bonds is 2. The number of imide groups is 1. The third-order valence-electron chi connectivity index (χ3n) is 1.61. The molecule has 0 fully saturated rings. The van der Waals surface area contributed by atoms with Crippen molar-refractivity contribution in [2.75, 3.05) is 5.73 Å². The van der Waals surface area contributed by atoms with Crippen molar-refractivity contribution in [2.45, 2.75) is 0 Å². The van der Waals surface area contributed by atoms with Gasteiger partial charge in [0, 0.05) is 11.8 Å². The van der Waals surface area contributed by atoms with Crippen molar-refractivity contribution in [1.82, 2.24) is 5.32 Å². The van der Waals surface area contributed by atoms with Gasteiger partial charge in [-0.1, -0.05) is 12.1 Å². The lowest BCUT2D eigenvalue weighted by atomic mass is 10.2. The highest BCUT2D eigenvalue weighted by Crippen LogP contribution is 2.06. The minimum atomic E-state index is -0.873. The number of amides is 3. The van der Waals surface area contributed by atoms with Crippen molar-refractivity contribution in [3.05, 3.63) is 35.9 Å². The van der Waals surface area contributed by atoms with Gasteiger partial charge in [-0.25, -0.2) is 4.79 Å². The molecule has 15 heavy (non-hydrogen) atoms. The van der Waals surface area contributed by atoms with Crippen LogP contribution in [0, 0.1) is 0 Å². The first-order valence-electron chi connectivity index (χ1n) is 4.22. The van der Waals surface area contributed by atoms with Crippen LogP contribution in [-0.4, -0.2) is 11.9 Å². The Balaban J connectivity index is 2.61. The molecule has 0 heterocycles. The van der Waals surface area contributed by atoms with Crippen LogP contribution in [0.25, 0.3) is 6.08 Å². The van der Waals surface area contributed by atoms with Crippen molar-refractivity contribution >= 4 is 23.7 Å². The van der Waals surface area contributed by atoms with E-state index in [0.29, 0.717) is 5.69 Å². The molecule has 1 aromatic carbocycles. The Morgan fingerprint density at radius 1 is 1.20 bits per heavy atom. The van der Waals surface area contributed by atoms with Crippen molar-refractivity contribution in [2.24, 2.45) is 5.73 Å². The minimum Gasteiger partial charge on any atom is -0.399 e. The predicted molar refractivity (Wildman–Crippen MR) is 57.6 cm³/mol. The first-order valence-corrected chi connectivity index (χ1v) is 4.22. The van der Waals surface area contributed by atoms with Crippen LogP contribution < -0.4 is 16.8 Å². The fourth-order valence-corrected chi connectivity index (χ4v) is 0.942. The quantitative estimate of drug-likeness (QED) is 0.483. The molecule has 0 saturated carbocycles. The summed E-state index contributed by atoms with van der Waals surface area (Å²) in [6.45, 7) is 0. The second kappa shape index (κ2) is 4.80. The molecule has 0 unspecified atom stereocenters. The summed E-state index contributed by atoms with van der Waals surface area (Å²) in [4.78, 5) is 21.3. The number of hydrogen-bond donors (Lipinski definition) is 3. The highest BCUT2D eigenvalue weighted by atomic mass is 16.2. The summed E-state index contributed by atoms with van der Waals surface area (Å²) >= 11 is 0. The number of nitrogens with one attached hydrogen (secondary N) is 1. The van der Waals surface area contributed by atoms with E-state index in [-0.39, 0.29) is 0 Å². The largest absolute Gasteiger partial charge is 0.399 e. The molecule has 0 spiro atoms. The summed E-state index contributed by atoms with van der Waals surface area (Å²) in [5.74, 6) is -0.556. The van der Waals surface area contributed by atoms with Gasteiger partial charge in [0.05, 0.1) is 0 Å². The number of nitrogen functional groups attached to an aromatic ring is 1. The minimum absolute atomic E-state index is 0.556. The van der Waals surface area contributed by atoms with Gasteiger partial charge < -0.3 is 11.5 Å². The number of urea groups is 1. The molecule has 5 heteroatoms. The van der Waals surface area contributed by atoms with Gasteiger partial charge in [0.15, 0.2) is 0 Å². The molecule has 5 N–H and O–H groups in total. The summed E-state index contributed by atoms with van der Waals surface area (Å²) in [5, 5.41) is 1.91. The van der Waals surface area contributed by atoms with Gasteiger partial charge in [0.2, 0.25) is 0 Å². The lowest BCUT2D eigenvalue weighted by Gasteiger charge is -1.95. The highest BCUT2D eigenvalue weighted by molar-refractivity contribution is 6.01. The van der Waals surface area contributed by atoms with E-state index in [1.165, 1.54) is 6.08 Å². The summed E-state index contributed by atoms with van der Waals surface area (Å²) < 4.78 is 0. The Morgan fingerprint density at radius 2 is 1.80 bits per heavy atom. The number of primary amides is 1. The van der Waals surface area contributed by atoms with Crippen molar-refractivity contribution in [1.29, 1.82) is 0 Å². The Morgan fingerprint density at radius 3 is 2.33 bits per heavy atom. The third-order valence-corrected chi connectivity index (χ3v) is 1.61. The van der Waals surface area contributed by atoms with Gasteiger partial charge in [0.1, 0.15) is 0 Å². The first kappa shape index (κ1) is 10.8. The van der Waals surface area contributed by atoms with E-state index >= 15 is 0 Å². The Kier molecular flexibility index (Phi) is 3.45. The molecule has 78 valence electrons. The van der Waals surface area contributed by atoms with Crippen molar-refractivity contribution in [3.8, 4) is 0 Å². The molecule has 5 nitrogen and oxygen atoms in total. The van der Waals surface area contributed by atoms with E-state index in [0.717, 1.165) is 5.56 Å². The molecular weight excluding hydrogens is 194 g/mol. The molecule has 0 bridgehead atoms. The number of nitrogens with two attached hydrogens (primary N) is 2. The van der Waals surface area contributed by atoms with Gasteiger partial charge in [-0.05, 0) is 23.8 Å². The van der Waals surface area contributed by atoms with Crippen LogP contribution in [0.2, 0.25) is 0 Å². The maximum atomic E-state index is 11.0. The number of carbonyl (C=O) groups excluding carboxylic acids is 2. The normalized spacial score (nSPS) is 10.1. The highest BCUT2D eigenvalue weighted by Gasteiger charge is 1.97. The van der Waals surface area contributed by atoms with E-state index in [1.54, 1.807) is 30.3 Å². The monoisotopic (exact) mass is 205 g/mol. The number of carbonyl (C=O) groups is 2. The zero-order chi connectivity index (χ0) is 11.3. The lowest BCUT2D eigenvalue weighted by molar-refractivity contribution is -0.115. The topological polar surface area (TPSA) is 98.2 Å². The lowest BCUT2D eigenvalue weighted by Crippen LogP contribution is -2.33. The summed E-state index contributed by atoms with van der Waals surface area (Å²) in [6.07, 6.45) is 2.77. The molecule has 1 aromatic rings. The molecule has 0 saturated heterocycles. The standard InChI is InChI=1S/C10H11N3O2/c11-8-4-1-7(2-5-8)3-6-9(14)13-10(12)15/h1-6H,11H2,(H3,12,13,14,15)/b6-3+. The van der Waals surface area contributed by atoms with E-state index < -0.39 is 11.9 Å². The van der Waals surface area contributed by atoms with E-state index in [2.05, 4.69) is 0 Å². The maximum Gasteiger partial charge on any atom is 0.319 e. The molecule has 1 rings (SSSR count). The molecule has 0 atom stereocenters. The second-order valence-electron chi connectivity index (χ2n) is 2.85. The zero-order valence-corrected chi connectivity index (χ0v) is 7.94. The third kappa shape index (κ3) is 3.95. The smallest absolute Gasteiger partial charge is 0.319 e. The van der Waals surface area contributed by atoms with E-state index in [1.807, 2.05) is 5.32 Å². The fraction of sp³-hybridized carbons (Fsp3) is 0. The zero-order valence-electron chi connectivity index (χ0n) is 7.94. The molecule has 0 aliphatic rings. The Hall–Kier alpha value is -2.30. The van der Waals surface area contributed by atoms with Crippen LogP contribution in [0.1, 0.15) is 5.56 Å². The van der Waals surface area contributed by atoms with Crippen LogP contribution in [0.15, 0.2) is 30.3 Å². The Labute approximate surface area is 86.8 Å². The van der Waals surface area contributed by atoms with Crippen LogP contribution in [0.3, 0.4) is 0 Å². The summed E-state index contributed by atoms with van der Waals surface area (Å²) in [7, 11) is 0. The first-order chi connectivity index (χ1) is 7.08. The SMILES string of the molecule is NC(=O)NC(=O)/C=C/c1ccc(N)cc1. The summed E-state index contributed by atoms with van der Waals surface area (Å²) in [6, 6.07) is 6.06.